The number of anilines is 1. The van der Waals surface area contributed by atoms with E-state index in [1.54, 1.807) is 73.7 Å². The first-order valence-electron chi connectivity index (χ1n) is 12.9. The maximum atomic E-state index is 13.2. The Bertz CT molecular complexity index is 1360. The average Bonchev–Trinajstić information content (AvgIpc) is 2.95. The van der Waals surface area contributed by atoms with Gasteiger partial charge in [0.05, 0.1) is 28.8 Å². The lowest BCUT2D eigenvalue weighted by molar-refractivity contribution is -0.146. The maximum Gasteiger partial charge on any atom is 0.328 e. The Morgan fingerprint density at radius 3 is 2.17 bits per heavy atom. The summed E-state index contributed by atoms with van der Waals surface area (Å²) in [5.74, 6) is -1.02. The van der Waals surface area contributed by atoms with Crippen LogP contribution in [0.4, 0.5) is 5.69 Å². The number of esters is 1. The lowest BCUT2D eigenvalue weighted by Crippen LogP contribution is -2.46. The van der Waals surface area contributed by atoms with Gasteiger partial charge in [-0.05, 0) is 67.4 Å². The molecule has 0 fully saturated rings. The first kappa shape index (κ1) is 31.4. The molecule has 0 unspecified atom stereocenters. The molecule has 0 aliphatic rings. The maximum absolute atomic E-state index is 13.2. The number of nitrogens with zero attached hydrogens (tertiary/aromatic N) is 1. The fourth-order valence-corrected chi connectivity index (χ4v) is 4.35. The molecule has 0 radical (unpaired) electrons. The zero-order chi connectivity index (χ0) is 29.8. The predicted molar refractivity (Wildman–Crippen MR) is 159 cm³/mol. The highest BCUT2D eigenvalue weighted by molar-refractivity contribution is 6.45. The average molecular weight is 600 g/mol. The van der Waals surface area contributed by atoms with Gasteiger partial charge in [-0.3, -0.25) is 9.59 Å². The zero-order valence-electron chi connectivity index (χ0n) is 22.9. The number of benzene rings is 3. The van der Waals surface area contributed by atoms with Crippen LogP contribution in [-0.4, -0.2) is 49.9 Å². The van der Waals surface area contributed by atoms with Crippen LogP contribution in [0.5, 0.6) is 5.75 Å². The lowest BCUT2D eigenvalue weighted by Gasteiger charge is -2.18. The molecule has 0 saturated carbocycles. The van der Waals surface area contributed by atoms with Crippen LogP contribution >= 0.6 is 23.2 Å². The van der Waals surface area contributed by atoms with Gasteiger partial charge in [0.15, 0.2) is 5.71 Å². The van der Waals surface area contributed by atoms with Crippen LogP contribution in [0.1, 0.15) is 41.8 Å². The highest BCUT2D eigenvalue weighted by Gasteiger charge is 2.26. The molecule has 0 aliphatic carbocycles. The second-order valence-electron chi connectivity index (χ2n) is 8.73. The minimum Gasteiger partial charge on any atom is -0.494 e. The lowest BCUT2D eigenvalue weighted by atomic mass is 10.0. The molecular weight excluding hydrogens is 569 g/mol. The summed E-state index contributed by atoms with van der Waals surface area (Å²) in [7, 11) is 1.33. The van der Waals surface area contributed by atoms with Crippen LogP contribution in [0, 0.1) is 0 Å². The molecule has 9 nitrogen and oxygen atoms in total. The number of rotatable bonds is 13. The molecule has 1 atom stereocenters. The number of oxime groups is 1. The third kappa shape index (κ3) is 8.96. The van der Waals surface area contributed by atoms with Crippen LogP contribution in [0.2, 0.25) is 10.0 Å². The van der Waals surface area contributed by atoms with Crippen LogP contribution in [0.15, 0.2) is 71.9 Å². The van der Waals surface area contributed by atoms with E-state index in [1.165, 1.54) is 7.11 Å². The topological polar surface area (TPSA) is 115 Å². The number of ether oxygens (including phenoxy) is 2. The van der Waals surface area contributed by atoms with Crippen molar-refractivity contribution in [2.75, 3.05) is 25.6 Å². The SMILES string of the molecule is CCCOc1ccc(C(=NOC)C(=O)N[C@@H](Cc2ccc(NC(=O)c3c(Cl)cccc3Cl)cc2)C(=O)OCC)cc1. The predicted octanol–water partition coefficient (Wildman–Crippen LogP) is 5.68. The van der Waals surface area contributed by atoms with E-state index in [0.29, 0.717) is 29.2 Å². The molecule has 0 saturated heterocycles. The van der Waals surface area contributed by atoms with E-state index in [4.69, 9.17) is 37.5 Å². The molecule has 11 heteroatoms. The second-order valence-corrected chi connectivity index (χ2v) is 9.54. The van der Waals surface area contributed by atoms with Gasteiger partial charge in [0.2, 0.25) is 0 Å². The van der Waals surface area contributed by atoms with Crippen LogP contribution in [0.3, 0.4) is 0 Å². The molecule has 0 bridgehead atoms. The molecule has 0 heterocycles. The molecule has 3 aromatic carbocycles. The number of amides is 2. The minimum absolute atomic E-state index is 0.0138. The van der Waals surface area contributed by atoms with E-state index in [1.807, 2.05) is 6.92 Å². The van der Waals surface area contributed by atoms with Gasteiger partial charge in [-0.25, -0.2) is 4.79 Å². The van der Waals surface area contributed by atoms with Crippen molar-refractivity contribution in [2.45, 2.75) is 32.7 Å². The minimum atomic E-state index is -1.01. The van der Waals surface area contributed by atoms with Gasteiger partial charge in [0.25, 0.3) is 11.8 Å². The van der Waals surface area contributed by atoms with Gasteiger partial charge in [-0.2, -0.15) is 0 Å². The van der Waals surface area contributed by atoms with E-state index in [2.05, 4.69) is 15.8 Å². The smallest absolute Gasteiger partial charge is 0.328 e. The number of hydrogen-bond acceptors (Lipinski definition) is 7. The Balaban J connectivity index is 1.73. The van der Waals surface area contributed by atoms with E-state index in [-0.39, 0.29) is 34.3 Å². The van der Waals surface area contributed by atoms with Gasteiger partial charge in [0.1, 0.15) is 18.9 Å². The molecule has 0 aliphatic heterocycles. The molecule has 3 aromatic rings. The van der Waals surface area contributed by atoms with E-state index < -0.39 is 23.8 Å². The van der Waals surface area contributed by atoms with Crippen LogP contribution in [0.25, 0.3) is 0 Å². The summed E-state index contributed by atoms with van der Waals surface area (Å²) >= 11 is 12.3. The molecule has 0 spiro atoms. The van der Waals surface area contributed by atoms with E-state index >= 15 is 0 Å². The molecule has 0 aromatic heterocycles. The standard InChI is InChI=1S/C30H31Cl2N3O6/c1-4-17-41-22-15-11-20(12-16-22)27(35-39-3)29(37)34-25(30(38)40-5-2)18-19-9-13-21(14-10-19)33-28(36)26-23(31)7-6-8-24(26)32/h6-16,25H,4-5,17-18H2,1-3H3,(H,33,36)(H,34,37)/t25-/m0/s1. The Morgan fingerprint density at radius 2 is 1.59 bits per heavy atom. The zero-order valence-corrected chi connectivity index (χ0v) is 24.4. The van der Waals surface area contributed by atoms with Crippen molar-refractivity contribution in [2.24, 2.45) is 5.16 Å². The number of carbonyl (C=O) groups is 3. The molecule has 3 rings (SSSR count). The van der Waals surface area contributed by atoms with E-state index in [9.17, 15) is 14.4 Å². The Labute approximate surface area is 248 Å². The van der Waals surface area contributed by atoms with Crippen molar-refractivity contribution in [3.05, 3.63) is 93.5 Å². The molecule has 2 amide bonds. The highest BCUT2D eigenvalue weighted by atomic mass is 35.5. The number of halogens is 2. The number of carbonyl (C=O) groups excluding carboxylic acids is 3. The third-order valence-corrected chi connectivity index (χ3v) is 6.35. The summed E-state index contributed by atoms with van der Waals surface area (Å²) in [5, 5.41) is 9.81. The summed E-state index contributed by atoms with van der Waals surface area (Å²) in [4.78, 5) is 43.6. The summed E-state index contributed by atoms with van der Waals surface area (Å²) in [6.07, 6.45) is 0.990. The fourth-order valence-electron chi connectivity index (χ4n) is 3.78. The molecular formula is C30H31Cl2N3O6. The first-order chi connectivity index (χ1) is 19.8. The Hall–Kier alpha value is -4.08. The normalized spacial score (nSPS) is 11.8. The van der Waals surface area contributed by atoms with Gasteiger partial charge < -0.3 is 24.9 Å². The quantitative estimate of drug-likeness (QED) is 0.148. The van der Waals surface area contributed by atoms with Crippen LogP contribution < -0.4 is 15.4 Å². The van der Waals surface area contributed by atoms with Crippen molar-refractivity contribution in [3.63, 3.8) is 0 Å². The molecule has 41 heavy (non-hydrogen) atoms. The van der Waals surface area contributed by atoms with Crippen molar-refractivity contribution >= 4 is 52.4 Å². The van der Waals surface area contributed by atoms with Crippen molar-refractivity contribution in [1.29, 1.82) is 0 Å². The Morgan fingerprint density at radius 1 is 0.927 bits per heavy atom. The second kappa shape index (κ2) is 15.6. The summed E-state index contributed by atoms with van der Waals surface area (Å²) in [6, 6.07) is 17.4. The number of hydrogen-bond donors (Lipinski definition) is 2. The number of nitrogens with one attached hydrogen (secondary N) is 2. The molecule has 216 valence electrons. The summed E-state index contributed by atoms with van der Waals surface area (Å²) < 4.78 is 10.8. The summed E-state index contributed by atoms with van der Waals surface area (Å²) in [6.45, 7) is 4.40. The van der Waals surface area contributed by atoms with Crippen LogP contribution in [-0.2, 0) is 25.6 Å². The third-order valence-electron chi connectivity index (χ3n) is 5.72. The van der Waals surface area contributed by atoms with Crippen molar-refractivity contribution < 1.29 is 28.7 Å². The van der Waals surface area contributed by atoms with Gasteiger partial charge >= 0.3 is 5.97 Å². The van der Waals surface area contributed by atoms with E-state index in [0.717, 1.165) is 6.42 Å². The van der Waals surface area contributed by atoms with Crippen molar-refractivity contribution in [3.8, 4) is 5.75 Å². The summed E-state index contributed by atoms with van der Waals surface area (Å²) in [5.41, 5.74) is 1.84. The highest BCUT2D eigenvalue weighted by Crippen LogP contribution is 2.25. The van der Waals surface area contributed by atoms with Gasteiger partial charge in [-0.15, -0.1) is 0 Å². The van der Waals surface area contributed by atoms with Crippen molar-refractivity contribution in [1.82, 2.24) is 5.32 Å². The molecule has 2 N–H and O–H groups in total. The largest absolute Gasteiger partial charge is 0.494 e. The monoisotopic (exact) mass is 599 g/mol. The fraction of sp³-hybridized carbons (Fsp3) is 0.267. The Kier molecular flexibility index (Phi) is 12.0. The first-order valence-corrected chi connectivity index (χ1v) is 13.7. The van der Waals surface area contributed by atoms with Gasteiger partial charge in [0, 0.05) is 17.7 Å². The van der Waals surface area contributed by atoms with Gasteiger partial charge in [-0.1, -0.05) is 53.5 Å².